The van der Waals surface area contributed by atoms with E-state index in [4.69, 9.17) is 10.00 Å². The molecule has 0 aliphatic heterocycles. The molecule has 1 atom stereocenters. The van der Waals surface area contributed by atoms with Crippen LogP contribution in [0, 0.1) is 23.7 Å². The Kier molecular flexibility index (Phi) is 6.71. The molecule has 0 aromatic heterocycles. The lowest BCUT2D eigenvalue weighted by molar-refractivity contribution is 0.263. The standard InChI is InChI=1S/C18H28N2O/c1-6-10-20-15(3)16-7-8-17(14(2)12-16)21-11-9-18(4,5)13-19/h7-8,12,15,20H,6,9-11H2,1-5H3. The average Bonchev–Trinajstić information content (AvgIpc) is 2.46. The molecule has 0 aliphatic carbocycles. The molecule has 0 heterocycles. The second kappa shape index (κ2) is 8.05. The molecule has 0 bridgehead atoms. The number of nitriles is 1. The van der Waals surface area contributed by atoms with Crippen molar-refractivity contribution in [3.63, 3.8) is 0 Å². The van der Waals surface area contributed by atoms with Crippen LogP contribution in [0.4, 0.5) is 0 Å². The molecule has 21 heavy (non-hydrogen) atoms. The largest absolute Gasteiger partial charge is 0.493 e. The molecule has 1 aromatic rings. The molecule has 116 valence electrons. The van der Waals surface area contributed by atoms with Crippen LogP contribution in [-0.4, -0.2) is 13.2 Å². The SMILES string of the molecule is CCCNC(C)c1ccc(OCCC(C)(C)C#N)c(C)c1. The number of hydrogen-bond donors (Lipinski definition) is 1. The lowest BCUT2D eigenvalue weighted by atomic mass is 9.92. The van der Waals surface area contributed by atoms with Crippen LogP contribution >= 0.6 is 0 Å². The molecule has 0 saturated heterocycles. The average molecular weight is 288 g/mol. The molecule has 0 fully saturated rings. The quantitative estimate of drug-likeness (QED) is 0.772. The van der Waals surface area contributed by atoms with Crippen molar-refractivity contribution < 1.29 is 4.74 Å². The minimum Gasteiger partial charge on any atom is -0.493 e. The lowest BCUT2D eigenvalue weighted by Crippen LogP contribution is -2.19. The van der Waals surface area contributed by atoms with E-state index in [1.165, 1.54) is 5.56 Å². The lowest BCUT2D eigenvalue weighted by Gasteiger charge is -2.18. The van der Waals surface area contributed by atoms with Gasteiger partial charge in [-0.05, 0) is 64.3 Å². The van der Waals surface area contributed by atoms with Gasteiger partial charge in [-0.15, -0.1) is 0 Å². The van der Waals surface area contributed by atoms with Crippen LogP contribution in [0.2, 0.25) is 0 Å². The Balaban J connectivity index is 2.60. The second-order valence-corrected chi connectivity index (χ2v) is 6.29. The smallest absolute Gasteiger partial charge is 0.122 e. The highest BCUT2D eigenvalue weighted by molar-refractivity contribution is 5.37. The Hall–Kier alpha value is -1.53. The predicted octanol–water partition coefficient (Wildman–Crippen LogP) is 4.37. The van der Waals surface area contributed by atoms with Crippen LogP contribution in [0.5, 0.6) is 5.75 Å². The summed E-state index contributed by atoms with van der Waals surface area (Å²) in [6.45, 7) is 11.9. The number of benzene rings is 1. The van der Waals surface area contributed by atoms with Gasteiger partial charge in [0.2, 0.25) is 0 Å². The maximum Gasteiger partial charge on any atom is 0.122 e. The monoisotopic (exact) mass is 288 g/mol. The van der Waals surface area contributed by atoms with Crippen LogP contribution in [0.1, 0.15) is 57.7 Å². The number of nitrogens with zero attached hydrogens (tertiary/aromatic N) is 1. The Morgan fingerprint density at radius 1 is 1.38 bits per heavy atom. The maximum absolute atomic E-state index is 9.00. The molecule has 0 amide bonds. The summed E-state index contributed by atoms with van der Waals surface area (Å²) in [4.78, 5) is 0. The summed E-state index contributed by atoms with van der Waals surface area (Å²) in [5.41, 5.74) is 2.10. The van der Waals surface area contributed by atoms with Gasteiger partial charge in [0.15, 0.2) is 0 Å². The first-order chi connectivity index (χ1) is 9.89. The van der Waals surface area contributed by atoms with Crippen LogP contribution in [0.25, 0.3) is 0 Å². The van der Waals surface area contributed by atoms with Gasteiger partial charge >= 0.3 is 0 Å². The molecule has 1 unspecified atom stereocenters. The second-order valence-electron chi connectivity index (χ2n) is 6.29. The number of hydrogen-bond acceptors (Lipinski definition) is 3. The Morgan fingerprint density at radius 2 is 2.10 bits per heavy atom. The summed E-state index contributed by atoms with van der Waals surface area (Å²) in [5, 5.41) is 12.5. The van der Waals surface area contributed by atoms with Crippen molar-refractivity contribution in [2.45, 2.75) is 53.5 Å². The van der Waals surface area contributed by atoms with Gasteiger partial charge in [0.1, 0.15) is 5.75 Å². The van der Waals surface area contributed by atoms with Gasteiger partial charge in [-0.3, -0.25) is 0 Å². The van der Waals surface area contributed by atoms with Crippen molar-refractivity contribution in [3.8, 4) is 11.8 Å². The highest BCUT2D eigenvalue weighted by atomic mass is 16.5. The van der Waals surface area contributed by atoms with Gasteiger partial charge < -0.3 is 10.1 Å². The van der Waals surface area contributed by atoms with Crippen molar-refractivity contribution in [1.29, 1.82) is 5.26 Å². The predicted molar refractivity (Wildman–Crippen MR) is 87.4 cm³/mol. The fraction of sp³-hybridized carbons (Fsp3) is 0.611. The molecule has 1 N–H and O–H groups in total. The summed E-state index contributed by atoms with van der Waals surface area (Å²) >= 11 is 0. The molecule has 3 heteroatoms. The molecule has 1 aromatic carbocycles. The minimum absolute atomic E-state index is 0.327. The van der Waals surface area contributed by atoms with Gasteiger partial charge in [0, 0.05) is 6.04 Å². The van der Waals surface area contributed by atoms with E-state index in [2.05, 4.69) is 44.3 Å². The van der Waals surface area contributed by atoms with Gasteiger partial charge in [-0.25, -0.2) is 0 Å². The van der Waals surface area contributed by atoms with Gasteiger partial charge in [0.25, 0.3) is 0 Å². The van der Waals surface area contributed by atoms with Gasteiger partial charge in [0.05, 0.1) is 18.1 Å². The van der Waals surface area contributed by atoms with E-state index in [1.807, 2.05) is 19.9 Å². The van der Waals surface area contributed by atoms with Gasteiger partial charge in [-0.1, -0.05) is 19.1 Å². The Labute approximate surface area is 129 Å². The summed E-state index contributed by atoms with van der Waals surface area (Å²) in [6, 6.07) is 8.98. The molecular formula is C18H28N2O. The zero-order valence-electron chi connectivity index (χ0n) is 14.0. The first kappa shape index (κ1) is 17.5. The third-order valence-corrected chi connectivity index (χ3v) is 3.69. The third kappa shape index (κ3) is 5.77. The van der Waals surface area contributed by atoms with E-state index in [9.17, 15) is 0 Å². The summed E-state index contributed by atoms with van der Waals surface area (Å²) in [6.07, 6.45) is 1.87. The van der Waals surface area contributed by atoms with E-state index in [0.29, 0.717) is 12.6 Å². The van der Waals surface area contributed by atoms with Crippen LogP contribution in [-0.2, 0) is 0 Å². The highest BCUT2D eigenvalue weighted by Gasteiger charge is 2.16. The van der Waals surface area contributed by atoms with E-state index in [0.717, 1.165) is 30.7 Å². The molecule has 0 radical (unpaired) electrons. The van der Waals surface area contributed by atoms with Crippen molar-refractivity contribution in [2.24, 2.45) is 5.41 Å². The summed E-state index contributed by atoms with van der Waals surface area (Å²) < 4.78 is 5.82. The number of aryl methyl sites for hydroxylation is 1. The van der Waals surface area contributed by atoms with Crippen molar-refractivity contribution >= 4 is 0 Å². The molecule has 3 nitrogen and oxygen atoms in total. The fourth-order valence-electron chi connectivity index (χ4n) is 2.05. The molecule has 1 rings (SSSR count). The van der Waals surface area contributed by atoms with E-state index >= 15 is 0 Å². The van der Waals surface area contributed by atoms with Crippen LogP contribution < -0.4 is 10.1 Å². The zero-order chi connectivity index (χ0) is 15.9. The molecule has 0 aliphatic rings. The summed E-state index contributed by atoms with van der Waals surface area (Å²) in [7, 11) is 0. The maximum atomic E-state index is 9.00. The van der Waals surface area contributed by atoms with Crippen molar-refractivity contribution in [3.05, 3.63) is 29.3 Å². The molecule has 0 spiro atoms. The van der Waals surface area contributed by atoms with Gasteiger partial charge in [-0.2, -0.15) is 5.26 Å². The van der Waals surface area contributed by atoms with Crippen LogP contribution in [0.15, 0.2) is 18.2 Å². The number of ether oxygens (including phenoxy) is 1. The van der Waals surface area contributed by atoms with E-state index in [-0.39, 0.29) is 5.41 Å². The van der Waals surface area contributed by atoms with Crippen LogP contribution in [0.3, 0.4) is 0 Å². The highest BCUT2D eigenvalue weighted by Crippen LogP contribution is 2.24. The minimum atomic E-state index is -0.327. The normalized spacial score (nSPS) is 12.8. The topological polar surface area (TPSA) is 45.0 Å². The van der Waals surface area contributed by atoms with Crippen molar-refractivity contribution in [1.82, 2.24) is 5.32 Å². The molecular weight excluding hydrogens is 260 g/mol. The number of rotatable bonds is 8. The Bertz CT molecular complexity index is 488. The summed E-state index contributed by atoms with van der Waals surface area (Å²) in [5.74, 6) is 0.912. The first-order valence-corrected chi connectivity index (χ1v) is 7.77. The zero-order valence-corrected chi connectivity index (χ0v) is 14.0. The third-order valence-electron chi connectivity index (χ3n) is 3.69. The first-order valence-electron chi connectivity index (χ1n) is 7.77. The van der Waals surface area contributed by atoms with Crippen molar-refractivity contribution in [2.75, 3.05) is 13.2 Å². The van der Waals surface area contributed by atoms with E-state index in [1.54, 1.807) is 0 Å². The number of nitrogens with one attached hydrogen (secondary N) is 1. The van der Waals surface area contributed by atoms with E-state index < -0.39 is 0 Å². The Morgan fingerprint density at radius 3 is 2.67 bits per heavy atom. The fourth-order valence-corrected chi connectivity index (χ4v) is 2.05. The molecule has 0 saturated carbocycles.